The Morgan fingerprint density at radius 3 is 2.58 bits per heavy atom. The first-order valence-electron chi connectivity index (χ1n) is 6.56. The fourth-order valence-corrected chi connectivity index (χ4v) is 4.06. The summed E-state index contributed by atoms with van der Waals surface area (Å²) in [7, 11) is -3.62. The van der Waals surface area contributed by atoms with Gasteiger partial charge in [-0.05, 0) is 25.7 Å². The van der Waals surface area contributed by atoms with Gasteiger partial charge in [-0.2, -0.15) is 17.4 Å². The number of nitrogens with one attached hydrogen (secondary N) is 1. The van der Waals surface area contributed by atoms with Gasteiger partial charge < -0.3 is 10.9 Å². The molecule has 0 aromatic carbocycles. The zero-order valence-corrected chi connectivity index (χ0v) is 12.5. The van der Waals surface area contributed by atoms with E-state index < -0.39 is 16.3 Å². The summed E-state index contributed by atoms with van der Waals surface area (Å²) in [6, 6.07) is -0.726. The van der Waals surface area contributed by atoms with Crippen molar-refractivity contribution in [3.05, 3.63) is 0 Å². The van der Waals surface area contributed by atoms with E-state index in [1.165, 1.54) is 4.31 Å². The molecular formula is C11H24N4O3S. The van der Waals surface area contributed by atoms with Crippen LogP contribution in [0.3, 0.4) is 0 Å². The molecule has 1 aliphatic heterocycles. The highest BCUT2D eigenvalue weighted by atomic mass is 32.2. The third-order valence-corrected chi connectivity index (χ3v) is 5.14. The first-order valence-corrected chi connectivity index (χ1v) is 8.00. The first-order chi connectivity index (χ1) is 8.79. The number of rotatable bonds is 5. The quantitative estimate of drug-likeness (QED) is 0.296. The van der Waals surface area contributed by atoms with Crippen molar-refractivity contribution in [1.82, 2.24) is 9.03 Å². The fraction of sp³-hybridized carbons (Fsp3) is 0.909. The molecule has 4 N–H and O–H groups in total. The summed E-state index contributed by atoms with van der Waals surface area (Å²) in [4.78, 5) is 0. The predicted molar refractivity (Wildman–Crippen MR) is 74.1 cm³/mol. The Labute approximate surface area is 115 Å². The number of hydrogen-bond acceptors (Lipinski definition) is 4. The molecule has 19 heavy (non-hydrogen) atoms. The molecule has 0 bridgehead atoms. The van der Waals surface area contributed by atoms with Gasteiger partial charge in [-0.25, -0.2) is 0 Å². The highest BCUT2D eigenvalue weighted by Crippen LogP contribution is 2.19. The number of nitrogens with two attached hydrogens (primary N) is 1. The molecule has 7 nitrogen and oxygen atoms in total. The van der Waals surface area contributed by atoms with Gasteiger partial charge in [0.15, 0.2) is 5.84 Å². The summed E-state index contributed by atoms with van der Waals surface area (Å²) in [5.41, 5.74) is 5.54. The molecule has 1 saturated heterocycles. The highest BCUT2D eigenvalue weighted by molar-refractivity contribution is 7.87. The van der Waals surface area contributed by atoms with Crippen molar-refractivity contribution in [3.63, 3.8) is 0 Å². The van der Waals surface area contributed by atoms with E-state index in [0.29, 0.717) is 6.54 Å². The number of amidine groups is 1. The summed E-state index contributed by atoms with van der Waals surface area (Å²) in [5.74, 6) is -0.228. The molecule has 0 spiro atoms. The maximum absolute atomic E-state index is 12.4. The Morgan fingerprint density at radius 2 is 2.11 bits per heavy atom. The molecule has 2 atom stereocenters. The average Bonchev–Trinajstić information content (AvgIpc) is 2.35. The van der Waals surface area contributed by atoms with Crippen LogP contribution < -0.4 is 10.5 Å². The molecule has 0 aromatic rings. The van der Waals surface area contributed by atoms with Crippen LogP contribution in [0.1, 0.15) is 40.0 Å². The van der Waals surface area contributed by atoms with Crippen LogP contribution in [0.2, 0.25) is 0 Å². The molecule has 8 heteroatoms. The third-order valence-electron chi connectivity index (χ3n) is 3.43. The molecule has 112 valence electrons. The second-order valence-electron chi connectivity index (χ2n) is 5.32. The summed E-state index contributed by atoms with van der Waals surface area (Å²) in [6.45, 7) is 6.03. The molecule has 0 amide bonds. The SMILES string of the molecule is CC(C)C(NS(=O)(=O)N1CCCCC1C)C(N)=NO. The zero-order chi connectivity index (χ0) is 14.6. The maximum Gasteiger partial charge on any atom is 0.280 e. The Bertz CT molecular complexity index is 422. The minimum atomic E-state index is -3.62. The van der Waals surface area contributed by atoms with Crippen LogP contribution in [-0.4, -0.2) is 42.4 Å². The fourth-order valence-electron chi connectivity index (χ4n) is 2.26. The lowest BCUT2D eigenvalue weighted by Crippen LogP contribution is -2.55. The minimum Gasteiger partial charge on any atom is -0.409 e. The van der Waals surface area contributed by atoms with Gasteiger partial charge >= 0.3 is 0 Å². The van der Waals surface area contributed by atoms with E-state index in [1.54, 1.807) is 0 Å². The number of hydrogen-bond donors (Lipinski definition) is 3. The predicted octanol–water partition coefficient (Wildman–Crippen LogP) is 0.466. The van der Waals surface area contributed by atoms with Crippen LogP contribution in [0.25, 0.3) is 0 Å². The van der Waals surface area contributed by atoms with Gasteiger partial charge in [-0.3, -0.25) is 0 Å². The van der Waals surface area contributed by atoms with E-state index in [9.17, 15) is 8.42 Å². The molecule has 1 aliphatic rings. The Morgan fingerprint density at radius 1 is 1.47 bits per heavy atom. The van der Waals surface area contributed by atoms with Crippen molar-refractivity contribution in [1.29, 1.82) is 0 Å². The zero-order valence-electron chi connectivity index (χ0n) is 11.7. The van der Waals surface area contributed by atoms with E-state index in [2.05, 4.69) is 9.88 Å². The average molecular weight is 292 g/mol. The summed E-state index contributed by atoms with van der Waals surface area (Å²) in [5, 5.41) is 11.6. The van der Waals surface area contributed by atoms with Crippen LogP contribution in [0.4, 0.5) is 0 Å². The topological polar surface area (TPSA) is 108 Å². The van der Waals surface area contributed by atoms with E-state index in [-0.39, 0.29) is 17.8 Å². The van der Waals surface area contributed by atoms with Crippen LogP contribution in [0.15, 0.2) is 5.16 Å². The van der Waals surface area contributed by atoms with Crippen LogP contribution >= 0.6 is 0 Å². The van der Waals surface area contributed by atoms with Gasteiger partial charge in [0, 0.05) is 12.6 Å². The maximum atomic E-state index is 12.4. The molecule has 1 heterocycles. The monoisotopic (exact) mass is 292 g/mol. The van der Waals surface area contributed by atoms with Gasteiger partial charge in [0.1, 0.15) is 0 Å². The normalized spacial score (nSPS) is 24.6. The highest BCUT2D eigenvalue weighted by Gasteiger charge is 2.33. The number of oxime groups is 1. The van der Waals surface area contributed by atoms with E-state index in [0.717, 1.165) is 19.3 Å². The molecule has 0 radical (unpaired) electrons. The summed E-state index contributed by atoms with van der Waals surface area (Å²) in [6.07, 6.45) is 2.76. The largest absolute Gasteiger partial charge is 0.409 e. The molecule has 2 unspecified atom stereocenters. The number of piperidine rings is 1. The number of nitrogens with zero attached hydrogens (tertiary/aromatic N) is 2. The van der Waals surface area contributed by atoms with Crippen molar-refractivity contribution in [3.8, 4) is 0 Å². The smallest absolute Gasteiger partial charge is 0.280 e. The summed E-state index contributed by atoms with van der Waals surface area (Å²) >= 11 is 0. The minimum absolute atomic E-state index is 0.0219. The van der Waals surface area contributed by atoms with Crippen molar-refractivity contribution < 1.29 is 13.6 Å². The Balaban J connectivity index is 2.87. The lowest BCUT2D eigenvalue weighted by Gasteiger charge is -2.34. The van der Waals surface area contributed by atoms with Crippen molar-refractivity contribution >= 4 is 16.0 Å². The second kappa shape index (κ2) is 6.53. The van der Waals surface area contributed by atoms with E-state index in [1.807, 2.05) is 20.8 Å². The molecular weight excluding hydrogens is 268 g/mol. The lowest BCUT2D eigenvalue weighted by atomic mass is 10.1. The van der Waals surface area contributed by atoms with Crippen molar-refractivity contribution in [2.75, 3.05) is 6.54 Å². The standard InChI is InChI=1S/C11H24N4O3S/c1-8(2)10(11(12)13-16)14-19(17,18)15-7-5-4-6-9(15)3/h8-10,14,16H,4-7H2,1-3H3,(H2,12,13). The Kier molecular flexibility index (Phi) is 5.57. The molecule has 0 saturated carbocycles. The van der Waals surface area contributed by atoms with Crippen molar-refractivity contribution in [2.45, 2.75) is 52.1 Å². The Hall–Kier alpha value is -0.860. The van der Waals surface area contributed by atoms with Crippen molar-refractivity contribution in [2.24, 2.45) is 16.8 Å². The molecule has 0 aromatic heterocycles. The second-order valence-corrected chi connectivity index (χ2v) is 6.98. The van der Waals surface area contributed by atoms with Gasteiger partial charge in [0.25, 0.3) is 10.2 Å². The van der Waals surface area contributed by atoms with Gasteiger partial charge in [-0.1, -0.05) is 25.4 Å². The van der Waals surface area contributed by atoms with Crippen LogP contribution in [0.5, 0.6) is 0 Å². The van der Waals surface area contributed by atoms with Crippen LogP contribution in [-0.2, 0) is 10.2 Å². The lowest BCUT2D eigenvalue weighted by molar-refractivity contribution is 0.263. The molecule has 0 aliphatic carbocycles. The van der Waals surface area contributed by atoms with Gasteiger partial charge in [0.2, 0.25) is 0 Å². The van der Waals surface area contributed by atoms with Gasteiger partial charge in [0.05, 0.1) is 6.04 Å². The molecule has 1 fully saturated rings. The first kappa shape index (κ1) is 16.2. The summed E-state index contributed by atoms with van der Waals surface area (Å²) < 4.78 is 28.7. The third kappa shape index (κ3) is 4.05. The molecule has 1 rings (SSSR count). The van der Waals surface area contributed by atoms with Gasteiger partial charge in [-0.15, -0.1) is 0 Å². The van der Waals surface area contributed by atoms with E-state index >= 15 is 0 Å². The van der Waals surface area contributed by atoms with Crippen LogP contribution in [0, 0.1) is 5.92 Å². The van der Waals surface area contributed by atoms with E-state index in [4.69, 9.17) is 10.9 Å².